The van der Waals surface area contributed by atoms with Crippen molar-refractivity contribution in [1.82, 2.24) is 0 Å². The van der Waals surface area contributed by atoms with E-state index in [1.54, 1.807) is 0 Å². The van der Waals surface area contributed by atoms with Gasteiger partial charge in [-0.2, -0.15) is 10.2 Å². The molecule has 2 unspecified atom stereocenters. The van der Waals surface area contributed by atoms with Crippen LogP contribution in [0.25, 0.3) is 0 Å². The van der Waals surface area contributed by atoms with Crippen LogP contribution in [0.4, 0.5) is 0 Å². The zero-order chi connectivity index (χ0) is 10.7. The summed E-state index contributed by atoms with van der Waals surface area (Å²) in [6.07, 6.45) is 10.8. The van der Waals surface area contributed by atoms with Gasteiger partial charge in [-0.1, -0.05) is 38.2 Å². The van der Waals surface area contributed by atoms with Gasteiger partial charge in [0.05, 0.1) is 11.9 Å². The molecule has 0 bridgehead atoms. The summed E-state index contributed by atoms with van der Waals surface area (Å²) >= 11 is 0. The van der Waals surface area contributed by atoms with Crippen LogP contribution in [0.2, 0.25) is 0 Å². The third kappa shape index (κ3) is 0.811. The van der Waals surface area contributed by atoms with Gasteiger partial charge in [0.25, 0.3) is 0 Å². The molecule has 2 nitrogen and oxygen atoms in total. The predicted molar refractivity (Wildman–Crippen MR) is 60.1 cm³/mol. The highest BCUT2D eigenvalue weighted by atomic mass is 15.1. The van der Waals surface area contributed by atoms with Crippen LogP contribution < -0.4 is 0 Å². The Hall–Kier alpha value is -1.44. The van der Waals surface area contributed by atoms with Crippen LogP contribution in [-0.2, 0) is 0 Å². The molecule has 1 aliphatic heterocycles. The SMILES string of the molecule is CC1=C2C=CC3(C)C=CC(=CN=N1)C23C. The lowest BCUT2D eigenvalue weighted by atomic mass is 9.66. The van der Waals surface area contributed by atoms with Crippen LogP contribution in [0.5, 0.6) is 0 Å². The first-order valence-corrected chi connectivity index (χ1v) is 5.29. The topological polar surface area (TPSA) is 24.7 Å². The van der Waals surface area contributed by atoms with Crippen LogP contribution in [0.1, 0.15) is 20.8 Å². The Labute approximate surface area is 89.8 Å². The monoisotopic (exact) mass is 198 g/mol. The van der Waals surface area contributed by atoms with Gasteiger partial charge in [-0.15, -0.1) is 0 Å². The molecular weight excluding hydrogens is 184 g/mol. The van der Waals surface area contributed by atoms with Gasteiger partial charge in [-0.25, -0.2) is 0 Å². The summed E-state index contributed by atoms with van der Waals surface area (Å²) in [5, 5.41) is 8.31. The zero-order valence-corrected chi connectivity index (χ0v) is 9.28. The molecule has 15 heavy (non-hydrogen) atoms. The summed E-state index contributed by atoms with van der Waals surface area (Å²) in [5.74, 6) is 0. The molecule has 3 aliphatic rings. The van der Waals surface area contributed by atoms with Crippen molar-refractivity contribution >= 4 is 0 Å². The minimum Gasteiger partial charge on any atom is -0.159 e. The van der Waals surface area contributed by atoms with Gasteiger partial charge in [0.2, 0.25) is 0 Å². The average molecular weight is 198 g/mol. The second-order valence-corrected chi connectivity index (χ2v) is 4.87. The second kappa shape index (κ2) is 2.38. The molecule has 3 rings (SSSR count). The molecule has 0 aromatic carbocycles. The maximum atomic E-state index is 4.20. The van der Waals surface area contributed by atoms with Gasteiger partial charge in [0.1, 0.15) is 0 Å². The highest BCUT2D eigenvalue weighted by Gasteiger charge is 2.53. The number of nitrogens with zero attached hydrogens (tertiary/aromatic N) is 2. The third-order valence-electron chi connectivity index (χ3n) is 4.19. The molecule has 0 radical (unpaired) electrons. The van der Waals surface area contributed by atoms with Crippen LogP contribution in [0.3, 0.4) is 0 Å². The van der Waals surface area contributed by atoms with Crippen LogP contribution in [-0.4, -0.2) is 0 Å². The minimum absolute atomic E-state index is 0.0422. The van der Waals surface area contributed by atoms with Crippen LogP contribution >= 0.6 is 0 Å². The molecule has 0 fully saturated rings. The van der Waals surface area contributed by atoms with Crippen molar-refractivity contribution in [2.24, 2.45) is 21.1 Å². The van der Waals surface area contributed by atoms with Gasteiger partial charge in [-0.3, -0.25) is 0 Å². The number of allylic oxidation sites excluding steroid dienone is 7. The van der Waals surface area contributed by atoms with E-state index in [-0.39, 0.29) is 10.8 Å². The summed E-state index contributed by atoms with van der Waals surface area (Å²) in [4.78, 5) is 0. The summed E-state index contributed by atoms with van der Waals surface area (Å²) < 4.78 is 0. The molecular formula is C13H14N2. The molecule has 76 valence electrons. The molecule has 2 atom stereocenters. The summed E-state index contributed by atoms with van der Waals surface area (Å²) in [7, 11) is 0. The van der Waals surface area contributed by atoms with E-state index in [1.807, 2.05) is 13.1 Å². The molecule has 0 amide bonds. The van der Waals surface area contributed by atoms with E-state index in [0.29, 0.717) is 0 Å². The largest absolute Gasteiger partial charge is 0.159 e. The number of azo groups is 1. The van der Waals surface area contributed by atoms with Crippen LogP contribution in [0.15, 0.2) is 57.6 Å². The van der Waals surface area contributed by atoms with E-state index in [2.05, 4.69) is 48.4 Å². The molecule has 0 N–H and O–H groups in total. The first-order valence-electron chi connectivity index (χ1n) is 5.29. The van der Waals surface area contributed by atoms with E-state index in [0.717, 1.165) is 5.70 Å². The first kappa shape index (κ1) is 8.84. The maximum absolute atomic E-state index is 4.20. The fraction of sp³-hybridized carbons (Fsp3) is 0.385. The Morgan fingerprint density at radius 2 is 1.87 bits per heavy atom. The normalized spacial score (nSPS) is 40.9. The average Bonchev–Trinajstić information content (AvgIpc) is 2.53. The third-order valence-corrected chi connectivity index (χ3v) is 4.19. The molecule has 1 heterocycles. The Morgan fingerprint density at radius 1 is 1.13 bits per heavy atom. The standard InChI is InChI=1S/C13H14N2/c1-9-11-5-7-12(2)6-4-10(8-14-15-9)13(11,12)3/h4-8H,1-3H3. The van der Waals surface area contributed by atoms with E-state index in [4.69, 9.17) is 0 Å². The van der Waals surface area contributed by atoms with Crippen molar-refractivity contribution in [3.63, 3.8) is 0 Å². The van der Waals surface area contributed by atoms with Crippen molar-refractivity contribution in [1.29, 1.82) is 0 Å². The van der Waals surface area contributed by atoms with Crippen LogP contribution in [0, 0.1) is 10.8 Å². The van der Waals surface area contributed by atoms with Gasteiger partial charge in [0.15, 0.2) is 0 Å². The smallest absolute Gasteiger partial charge is 0.0640 e. The van der Waals surface area contributed by atoms with E-state index in [9.17, 15) is 0 Å². The lowest BCUT2D eigenvalue weighted by molar-refractivity contribution is 0.323. The summed E-state index contributed by atoms with van der Waals surface area (Å²) in [5.41, 5.74) is 3.76. The quantitative estimate of drug-likeness (QED) is 0.566. The van der Waals surface area contributed by atoms with Gasteiger partial charge in [-0.05, 0) is 18.1 Å². The fourth-order valence-electron chi connectivity index (χ4n) is 2.88. The van der Waals surface area contributed by atoms with Crippen molar-refractivity contribution in [2.45, 2.75) is 20.8 Å². The number of hydrogen-bond donors (Lipinski definition) is 0. The van der Waals surface area contributed by atoms with E-state index >= 15 is 0 Å². The zero-order valence-electron chi connectivity index (χ0n) is 9.28. The second-order valence-electron chi connectivity index (χ2n) is 4.87. The number of hydrogen-bond acceptors (Lipinski definition) is 2. The van der Waals surface area contributed by atoms with Crippen molar-refractivity contribution in [3.8, 4) is 0 Å². The first-order chi connectivity index (χ1) is 7.08. The van der Waals surface area contributed by atoms with Crippen molar-refractivity contribution in [2.75, 3.05) is 0 Å². The predicted octanol–water partition coefficient (Wildman–Crippen LogP) is 3.76. The number of rotatable bonds is 0. The highest BCUT2D eigenvalue weighted by molar-refractivity contribution is 5.57. The molecule has 0 aromatic rings. The summed E-state index contributed by atoms with van der Waals surface area (Å²) in [6.45, 7) is 6.59. The van der Waals surface area contributed by atoms with E-state index < -0.39 is 0 Å². The van der Waals surface area contributed by atoms with Gasteiger partial charge in [0, 0.05) is 10.8 Å². The lowest BCUT2D eigenvalue weighted by Crippen LogP contribution is -2.30. The van der Waals surface area contributed by atoms with E-state index in [1.165, 1.54) is 11.1 Å². The molecule has 0 saturated carbocycles. The molecule has 2 aliphatic carbocycles. The molecule has 0 spiro atoms. The van der Waals surface area contributed by atoms with Gasteiger partial charge >= 0.3 is 0 Å². The minimum atomic E-state index is 0.0422. The molecule has 2 heteroatoms. The van der Waals surface area contributed by atoms with Crippen molar-refractivity contribution in [3.05, 3.63) is 47.3 Å². The molecule has 0 aromatic heterocycles. The Kier molecular flexibility index (Phi) is 1.40. The molecule has 0 saturated heterocycles. The Bertz CT molecular complexity index is 491. The maximum Gasteiger partial charge on any atom is 0.0640 e. The highest BCUT2D eigenvalue weighted by Crippen LogP contribution is 2.61. The van der Waals surface area contributed by atoms with Gasteiger partial charge < -0.3 is 0 Å². The fourth-order valence-corrected chi connectivity index (χ4v) is 2.88. The summed E-state index contributed by atoms with van der Waals surface area (Å²) in [6, 6.07) is 0. The Morgan fingerprint density at radius 3 is 2.67 bits per heavy atom. The lowest BCUT2D eigenvalue weighted by Gasteiger charge is -2.36. The Balaban J connectivity index is 2.36. The van der Waals surface area contributed by atoms with Crippen molar-refractivity contribution < 1.29 is 0 Å².